The molecule has 2 rings (SSSR count). The molecule has 8 heteroatoms. The summed E-state index contributed by atoms with van der Waals surface area (Å²) >= 11 is 11.5. The number of carbonyl (C=O) groups excluding carboxylic acids is 1. The quantitative estimate of drug-likeness (QED) is 0.760. The Labute approximate surface area is 164 Å². The van der Waals surface area contributed by atoms with Crippen LogP contribution in [0.4, 0.5) is 0 Å². The minimum atomic E-state index is -0.250. The van der Waals surface area contributed by atoms with Gasteiger partial charge in [-0.15, -0.1) is 0 Å². The molecule has 0 fully saturated rings. The van der Waals surface area contributed by atoms with Crippen molar-refractivity contribution in [3.63, 3.8) is 0 Å². The summed E-state index contributed by atoms with van der Waals surface area (Å²) in [5.41, 5.74) is 0.703. The Hall–Kier alpha value is -1.70. The maximum atomic E-state index is 12.1. The molecule has 2 aromatic rings. The van der Waals surface area contributed by atoms with Gasteiger partial charge in [0.15, 0.2) is 10.6 Å². The number of aromatic nitrogens is 3. The number of hydrogen-bond acceptors (Lipinski definition) is 4. The van der Waals surface area contributed by atoms with E-state index < -0.39 is 0 Å². The Kier molecular flexibility index (Phi) is 6.60. The number of carbonyl (C=O) groups is 1. The third-order valence-corrected chi connectivity index (χ3v) is 4.33. The molecule has 0 radical (unpaired) electrons. The number of rotatable bonds is 6. The normalized spacial score (nSPS) is 11.8. The molecule has 0 atom stereocenters. The van der Waals surface area contributed by atoms with E-state index in [2.05, 4.69) is 10.4 Å². The second-order valence-electron chi connectivity index (χ2n) is 7.31. The highest BCUT2D eigenvalue weighted by Crippen LogP contribution is 2.21. The van der Waals surface area contributed by atoms with Crippen LogP contribution in [0.15, 0.2) is 24.3 Å². The van der Waals surface area contributed by atoms with Crippen LogP contribution in [0.5, 0.6) is 0 Å². The van der Waals surface area contributed by atoms with E-state index in [0.717, 1.165) is 11.4 Å². The van der Waals surface area contributed by atoms with Crippen LogP contribution in [0, 0.1) is 4.77 Å². The molecule has 26 heavy (non-hydrogen) atoms. The number of likely N-dealkylation sites (N-methyl/N-ethyl adjacent to an activating group) is 1. The van der Waals surface area contributed by atoms with Crippen LogP contribution in [-0.2, 0) is 18.0 Å². The molecule has 0 spiro atoms. The van der Waals surface area contributed by atoms with Crippen LogP contribution in [0.3, 0.4) is 0 Å². The van der Waals surface area contributed by atoms with Gasteiger partial charge < -0.3 is 9.88 Å². The van der Waals surface area contributed by atoms with E-state index in [1.807, 2.05) is 68.5 Å². The van der Waals surface area contributed by atoms with Crippen molar-refractivity contribution < 1.29 is 4.79 Å². The van der Waals surface area contributed by atoms with Crippen LogP contribution >= 0.6 is 23.8 Å². The predicted molar refractivity (Wildman–Crippen MR) is 108 cm³/mol. The second-order valence-corrected chi connectivity index (χ2v) is 8.11. The fraction of sp³-hybridized carbons (Fsp3) is 0.500. The van der Waals surface area contributed by atoms with Gasteiger partial charge in [-0.2, -0.15) is 5.10 Å². The van der Waals surface area contributed by atoms with Gasteiger partial charge in [-0.3, -0.25) is 9.69 Å². The van der Waals surface area contributed by atoms with Crippen molar-refractivity contribution in [2.24, 2.45) is 0 Å². The van der Waals surface area contributed by atoms with Crippen LogP contribution in [0.2, 0.25) is 5.02 Å². The SMILES string of the molecule is CCn1c(-c2ccc(Cl)cc2)nn(CN(C)CC(=O)NC(C)(C)C)c1=S. The van der Waals surface area contributed by atoms with E-state index in [1.54, 1.807) is 4.68 Å². The maximum absolute atomic E-state index is 12.1. The zero-order valence-corrected chi connectivity index (χ0v) is 17.5. The van der Waals surface area contributed by atoms with Crippen molar-refractivity contribution in [1.82, 2.24) is 24.6 Å². The number of halogens is 1. The largest absolute Gasteiger partial charge is 0.350 e. The number of benzene rings is 1. The van der Waals surface area contributed by atoms with E-state index in [9.17, 15) is 4.79 Å². The number of nitrogens with zero attached hydrogens (tertiary/aromatic N) is 4. The molecule has 142 valence electrons. The highest BCUT2D eigenvalue weighted by Gasteiger charge is 2.17. The summed E-state index contributed by atoms with van der Waals surface area (Å²) in [5.74, 6) is 0.765. The lowest BCUT2D eigenvalue weighted by atomic mass is 10.1. The summed E-state index contributed by atoms with van der Waals surface area (Å²) in [6.45, 7) is 9.33. The number of hydrogen-bond donors (Lipinski definition) is 1. The third kappa shape index (κ3) is 5.40. The van der Waals surface area contributed by atoms with Crippen molar-refractivity contribution in [3.8, 4) is 11.4 Å². The smallest absolute Gasteiger partial charge is 0.234 e. The first-order chi connectivity index (χ1) is 12.1. The van der Waals surface area contributed by atoms with Crippen molar-refractivity contribution in [1.29, 1.82) is 0 Å². The first-order valence-corrected chi connectivity index (χ1v) is 9.32. The average Bonchev–Trinajstić information content (AvgIpc) is 2.82. The summed E-state index contributed by atoms with van der Waals surface area (Å²) in [7, 11) is 1.87. The molecule has 1 N–H and O–H groups in total. The van der Waals surface area contributed by atoms with E-state index in [4.69, 9.17) is 23.8 Å². The van der Waals surface area contributed by atoms with E-state index >= 15 is 0 Å². The molecule has 1 amide bonds. The van der Waals surface area contributed by atoms with Gasteiger partial charge in [-0.1, -0.05) is 11.6 Å². The van der Waals surface area contributed by atoms with Crippen molar-refractivity contribution in [2.45, 2.75) is 46.4 Å². The molecule has 6 nitrogen and oxygen atoms in total. The highest BCUT2D eigenvalue weighted by atomic mass is 35.5. The lowest BCUT2D eigenvalue weighted by Crippen LogP contribution is -2.45. The monoisotopic (exact) mass is 395 g/mol. The predicted octanol–water partition coefficient (Wildman–Crippen LogP) is 3.56. The average molecular weight is 396 g/mol. The summed E-state index contributed by atoms with van der Waals surface area (Å²) in [6, 6.07) is 7.52. The molecular formula is C18H26ClN5OS. The van der Waals surface area contributed by atoms with Crippen molar-refractivity contribution in [3.05, 3.63) is 34.1 Å². The standard InChI is InChI=1S/C18H26ClN5OS/c1-6-23-16(13-7-9-14(19)10-8-13)21-24(17(23)26)12-22(5)11-15(25)20-18(2,3)4/h7-10H,6,11-12H2,1-5H3,(H,20,25). The zero-order valence-electron chi connectivity index (χ0n) is 15.9. The van der Waals surface area contributed by atoms with E-state index in [1.165, 1.54) is 0 Å². The molecule has 0 aliphatic heterocycles. The zero-order chi connectivity index (χ0) is 19.5. The lowest BCUT2D eigenvalue weighted by molar-refractivity contribution is -0.123. The van der Waals surface area contributed by atoms with E-state index in [0.29, 0.717) is 23.0 Å². The van der Waals surface area contributed by atoms with Crippen LogP contribution in [-0.4, -0.2) is 44.3 Å². The molecule has 1 heterocycles. The molecule has 0 saturated heterocycles. The summed E-state index contributed by atoms with van der Waals surface area (Å²) in [6.07, 6.45) is 0. The van der Waals surface area contributed by atoms with Crippen LogP contribution in [0.25, 0.3) is 11.4 Å². The Morgan fingerprint density at radius 2 is 1.92 bits per heavy atom. The lowest BCUT2D eigenvalue weighted by Gasteiger charge is -2.23. The van der Waals surface area contributed by atoms with Gasteiger partial charge in [0.05, 0.1) is 13.2 Å². The Balaban J connectivity index is 2.19. The molecule has 1 aromatic carbocycles. The molecule has 0 unspecified atom stereocenters. The van der Waals surface area contributed by atoms with Gasteiger partial charge in [0, 0.05) is 22.7 Å². The Morgan fingerprint density at radius 3 is 2.46 bits per heavy atom. The second kappa shape index (κ2) is 8.33. The van der Waals surface area contributed by atoms with Gasteiger partial charge in [-0.05, 0) is 71.2 Å². The Morgan fingerprint density at radius 1 is 1.31 bits per heavy atom. The maximum Gasteiger partial charge on any atom is 0.234 e. The summed E-state index contributed by atoms with van der Waals surface area (Å²) < 4.78 is 4.34. The first kappa shape index (κ1) is 20.6. The molecule has 1 aromatic heterocycles. The third-order valence-electron chi connectivity index (χ3n) is 3.64. The van der Waals surface area contributed by atoms with E-state index in [-0.39, 0.29) is 18.0 Å². The highest BCUT2D eigenvalue weighted by molar-refractivity contribution is 7.71. The molecule has 0 bridgehead atoms. The van der Waals surface area contributed by atoms with Gasteiger partial charge in [0.25, 0.3) is 0 Å². The van der Waals surface area contributed by atoms with Gasteiger partial charge in [-0.25, -0.2) is 4.68 Å². The van der Waals surface area contributed by atoms with Gasteiger partial charge in [0.2, 0.25) is 5.91 Å². The summed E-state index contributed by atoms with van der Waals surface area (Å²) in [5, 5.41) is 8.30. The molecule has 0 saturated carbocycles. The molecule has 0 aliphatic carbocycles. The minimum Gasteiger partial charge on any atom is -0.350 e. The first-order valence-electron chi connectivity index (χ1n) is 8.54. The number of nitrogens with one attached hydrogen (secondary N) is 1. The topological polar surface area (TPSA) is 55.1 Å². The minimum absolute atomic E-state index is 0.0284. The van der Waals surface area contributed by atoms with Gasteiger partial charge >= 0.3 is 0 Å². The van der Waals surface area contributed by atoms with Crippen LogP contribution in [0.1, 0.15) is 27.7 Å². The van der Waals surface area contributed by atoms with Crippen LogP contribution < -0.4 is 5.32 Å². The van der Waals surface area contributed by atoms with Crippen molar-refractivity contribution >= 4 is 29.7 Å². The fourth-order valence-corrected chi connectivity index (χ4v) is 3.05. The molecular weight excluding hydrogens is 370 g/mol. The number of amides is 1. The Bertz CT molecular complexity index is 820. The molecule has 0 aliphatic rings. The van der Waals surface area contributed by atoms with Gasteiger partial charge in [0.1, 0.15) is 0 Å². The summed E-state index contributed by atoms with van der Waals surface area (Å²) in [4.78, 5) is 14.0. The van der Waals surface area contributed by atoms with Crippen molar-refractivity contribution in [2.75, 3.05) is 13.6 Å². The fourth-order valence-electron chi connectivity index (χ4n) is 2.61.